The number of carbonyl (C=O) groups is 3. The number of carboxylic acid groups (broad SMARTS) is 1. The number of rotatable bonds is 53. The van der Waals surface area contributed by atoms with Crippen molar-refractivity contribution in [2.45, 2.75) is 283 Å². The Balaban J connectivity index is 4.19. The molecule has 67 heavy (non-hydrogen) atoms. The van der Waals surface area contributed by atoms with Crippen molar-refractivity contribution in [3.63, 3.8) is 0 Å². The smallest absolute Gasteiger partial charge is 0.306 e. The van der Waals surface area contributed by atoms with Gasteiger partial charge in [-0.3, -0.25) is 9.59 Å². The Labute approximate surface area is 414 Å². The van der Waals surface area contributed by atoms with Crippen molar-refractivity contribution >= 4 is 17.9 Å². The molecular formula is C58H109NO8. The Morgan fingerprint density at radius 3 is 1.21 bits per heavy atom. The minimum absolute atomic E-state index is 0.148. The first-order chi connectivity index (χ1) is 32.6. The average Bonchev–Trinajstić information content (AvgIpc) is 3.29. The van der Waals surface area contributed by atoms with Gasteiger partial charge < -0.3 is 33.3 Å². The molecule has 2 atom stereocenters. The summed E-state index contributed by atoms with van der Waals surface area (Å²) in [5.74, 6) is -2.28. The van der Waals surface area contributed by atoms with Gasteiger partial charge in [0, 0.05) is 12.8 Å². The van der Waals surface area contributed by atoms with Crippen LogP contribution in [-0.2, 0) is 33.3 Å². The number of hydrogen-bond acceptors (Lipinski definition) is 8. The average molecular weight is 949 g/mol. The van der Waals surface area contributed by atoms with Crippen molar-refractivity contribution in [1.29, 1.82) is 0 Å². The number of allylic oxidation sites excluding steroid dienone is 4. The summed E-state index contributed by atoms with van der Waals surface area (Å²) in [4.78, 5) is 37.2. The van der Waals surface area contributed by atoms with Gasteiger partial charge in [-0.05, 0) is 44.9 Å². The zero-order valence-corrected chi connectivity index (χ0v) is 44.8. The van der Waals surface area contributed by atoms with E-state index in [1.165, 1.54) is 186 Å². The summed E-state index contributed by atoms with van der Waals surface area (Å²) < 4.78 is 22.7. The zero-order valence-electron chi connectivity index (χ0n) is 44.8. The maximum absolute atomic E-state index is 12.8. The van der Waals surface area contributed by atoms with Crippen LogP contribution in [0, 0.1) is 0 Å². The molecule has 2 unspecified atom stereocenters. The van der Waals surface area contributed by atoms with Gasteiger partial charge in [-0.2, -0.15) is 0 Å². The second-order valence-corrected chi connectivity index (χ2v) is 20.6. The lowest BCUT2D eigenvalue weighted by molar-refractivity contribution is -0.870. The molecule has 0 heterocycles. The minimum Gasteiger partial charge on any atom is -0.545 e. The highest BCUT2D eigenvalue weighted by atomic mass is 16.7. The summed E-state index contributed by atoms with van der Waals surface area (Å²) in [5, 5.41) is 11.8. The van der Waals surface area contributed by atoms with E-state index in [0.29, 0.717) is 23.9 Å². The van der Waals surface area contributed by atoms with Gasteiger partial charge in [0.2, 0.25) is 0 Å². The van der Waals surface area contributed by atoms with E-state index in [2.05, 4.69) is 38.2 Å². The first-order valence-electron chi connectivity index (χ1n) is 28.5. The highest BCUT2D eigenvalue weighted by molar-refractivity contribution is 5.70. The third-order valence-electron chi connectivity index (χ3n) is 12.7. The number of hydrogen-bond donors (Lipinski definition) is 0. The molecule has 0 bridgehead atoms. The van der Waals surface area contributed by atoms with Crippen LogP contribution in [-0.4, -0.2) is 82.3 Å². The van der Waals surface area contributed by atoms with E-state index in [0.717, 1.165) is 51.4 Å². The molecule has 9 nitrogen and oxygen atoms in total. The Morgan fingerprint density at radius 2 is 0.806 bits per heavy atom. The summed E-state index contributed by atoms with van der Waals surface area (Å²) in [5.41, 5.74) is 0. The summed E-state index contributed by atoms with van der Waals surface area (Å²) in [7, 11) is 5.92. The van der Waals surface area contributed by atoms with E-state index in [-0.39, 0.29) is 32.2 Å². The topological polar surface area (TPSA) is 111 Å². The quantitative estimate of drug-likeness (QED) is 0.0195. The standard InChI is InChI=1S/C58H109NO8/c1-6-8-10-12-14-16-18-20-22-24-25-26-27-28-29-30-31-33-34-36-38-40-42-44-46-48-55(60)65-52-54(53-66-58(57(62)63)64-51-50-59(3,4)5)67-56(61)49-47-45-43-41-39-37-35-32-23-21-19-17-15-13-11-9-7-2/h15,17,21,23,54,58H,6-14,16,18-20,22,24-53H2,1-5H3/b17-15-,23-21-. The van der Waals surface area contributed by atoms with Gasteiger partial charge in [-0.1, -0.05) is 237 Å². The normalized spacial score (nSPS) is 12.9. The molecule has 0 aliphatic rings. The van der Waals surface area contributed by atoms with Gasteiger partial charge in [0.1, 0.15) is 13.2 Å². The molecule has 0 saturated heterocycles. The summed E-state index contributed by atoms with van der Waals surface area (Å²) >= 11 is 0. The molecular weight excluding hydrogens is 839 g/mol. The van der Waals surface area contributed by atoms with Gasteiger partial charge in [0.05, 0.1) is 40.3 Å². The Kier molecular flexibility index (Phi) is 48.5. The Bertz CT molecular complexity index is 1150. The predicted molar refractivity (Wildman–Crippen MR) is 279 cm³/mol. The molecule has 0 fully saturated rings. The number of carboxylic acids is 1. The van der Waals surface area contributed by atoms with Crippen LogP contribution in [0.4, 0.5) is 0 Å². The number of aliphatic carboxylic acids is 1. The third-order valence-corrected chi connectivity index (χ3v) is 12.7. The van der Waals surface area contributed by atoms with Gasteiger partial charge in [-0.25, -0.2) is 0 Å². The maximum atomic E-state index is 12.8. The number of nitrogens with zero attached hydrogens (tertiary/aromatic N) is 1. The summed E-state index contributed by atoms with van der Waals surface area (Å²) in [6.07, 6.45) is 55.1. The number of likely N-dealkylation sites (N-methyl/N-ethyl adjacent to an activating group) is 1. The number of esters is 2. The van der Waals surface area contributed by atoms with Crippen LogP contribution >= 0.6 is 0 Å². The first-order valence-corrected chi connectivity index (χ1v) is 28.5. The van der Waals surface area contributed by atoms with Crippen LogP contribution in [0.5, 0.6) is 0 Å². The van der Waals surface area contributed by atoms with Gasteiger partial charge in [0.25, 0.3) is 0 Å². The Hall–Kier alpha value is -2.23. The lowest BCUT2D eigenvalue weighted by Gasteiger charge is -2.26. The fourth-order valence-electron chi connectivity index (χ4n) is 8.27. The van der Waals surface area contributed by atoms with Crippen molar-refractivity contribution in [1.82, 2.24) is 0 Å². The van der Waals surface area contributed by atoms with Gasteiger partial charge in [0.15, 0.2) is 12.4 Å². The number of ether oxygens (including phenoxy) is 4. The lowest BCUT2D eigenvalue weighted by Crippen LogP contribution is -2.44. The second-order valence-electron chi connectivity index (χ2n) is 20.6. The molecule has 0 aromatic carbocycles. The van der Waals surface area contributed by atoms with Crippen LogP contribution < -0.4 is 5.11 Å². The molecule has 9 heteroatoms. The van der Waals surface area contributed by atoms with Gasteiger partial charge in [-0.15, -0.1) is 0 Å². The molecule has 0 aromatic heterocycles. The molecule has 0 aromatic rings. The second kappa shape index (κ2) is 50.2. The predicted octanol–water partition coefficient (Wildman–Crippen LogP) is 15.0. The van der Waals surface area contributed by atoms with E-state index in [4.69, 9.17) is 18.9 Å². The van der Waals surface area contributed by atoms with Crippen molar-refractivity contribution in [2.24, 2.45) is 0 Å². The number of unbranched alkanes of at least 4 members (excludes halogenated alkanes) is 34. The van der Waals surface area contributed by atoms with E-state index >= 15 is 0 Å². The van der Waals surface area contributed by atoms with Crippen molar-refractivity contribution < 1.29 is 42.9 Å². The molecule has 0 aliphatic heterocycles. The zero-order chi connectivity index (χ0) is 49.2. The summed E-state index contributed by atoms with van der Waals surface area (Å²) in [6, 6.07) is 0. The third kappa shape index (κ3) is 51.4. The SMILES string of the molecule is CCCCC/C=C\C/C=C\CCCCCCCCCC(=O)OC(COC(=O)CCCCCCCCCCCCCCCCCCCCCCCCCCC)COC(OCC[N+](C)(C)C)C(=O)[O-]. The van der Waals surface area contributed by atoms with Crippen LogP contribution in [0.2, 0.25) is 0 Å². The number of carbonyl (C=O) groups excluding carboxylic acids is 3. The van der Waals surface area contributed by atoms with Gasteiger partial charge >= 0.3 is 11.9 Å². The van der Waals surface area contributed by atoms with Crippen molar-refractivity contribution in [3.05, 3.63) is 24.3 Å². The van der Waals surface area contributed by atoms with Crippen LogP contribution in [0.1, 0.15) is 271 Å². The summed E-state index contributed by atoms with van der Waals surface area (Å²) in [6.45, 7) is 4.75. The first kappa shape index (κ1) is 64.8. The molecule has 394 valence electrons. The monoisotopic (exact) mass is 948 g/mol. The minimum atomic E-state index is -1.62. The highest BCUT2D eigenvalue weighted by Gasteiger charge is 2.22. The highest BCUT2D eigenvalue weighted by Crippen LogP contribution is 2.17. The van der Waals surface area contributed by atoms with E-state index in [1.54, 1.807) is 0 Å². The fraction of sp³-hybridized carbons (Fsp3) is 0.879. The molecule has 0 aliphatic carbocycles. The Morgan fingerprint density at radius 1 is 0.448 bits per heavy atom. The maximum Gasteiger partial charge on any atom is 0.306 e. The molecule has 0 rings (SSSR count). The van der Waals surface area contributed by atoms with E-state index in [1.807, 2.05) is 21.1 Å². The number of quaternary nitrogens is 1. The van der Waals surface area contributed by atoms with E-state index < -0.39 is 24.3 Å². The van der Waals surface area contributed by atoms with Crippen LogP contribution in [0.15, 0.2) is 24.3 Å². The molecule has 0 N–H and O–H groups in total. The van der Waals surface area contributed by atoms with Crippen molar-refractivity contribution in [3.8, 4) is 0 Å². The van der Waals surface area contributed by atoms with E-state index in [9.17, 15) is 19.5 Å². The molecule has 0 spiro atoms. The van der Waals surface area contributed by atoms with Crippen LogP contribution in [0.25, 0.3) is 0 Å². The lowest BCUT2D eigenvalue weighted by atomic mass is 10.0. The van der Waals surface area contributed by atoms with Crippen molar-refractivity contribution in [2.75, 3.05) is 47.5 Å². The molecule has 0 saturated carbocycles. The fourth-order valence-corrected chi connectivity index (χ4v) is 8.27. The molecule has 0 amide bonds. The van der Waals surface area contributed by atoms with Crippen LogP contribution in [0.3, 0.4) is 0 Å². The largest absolute Gasteiger partial charge is 0.545 e. The molecule has 0 radical (unpaired) electrons.